The van der Waals surface area contributed by atoms with Gasteiger partial charge >= 0.3 is 5.69 Å². The van der Waals surface area contributed by atoms with Crippen molar-refractivity contribution in [3.05, 3.63) is 105 Å². The first-order valence-electron chi connectivity index (χ1n) is 11.9. The van der Waals surface area contributed by atoms with E-state index in [2.05, 4.69) is 46.7 Å². The number of nitrogens with zero attached hydrogens (tertiary/aromatic N) is 5. The highest BCUT2D eigenvalue weighted by Gasteiger charge is 2.22. The number of hydrogen-bond donors (Lipinski definition) is 1. The fraction of sp³-hybridized carbons (Fsp3) is 0.214. The van der Waals surface area contributed by atoms with Crippen LogP contribution in [-0.2, 0) is 20.1 Å². The van der Waals surface area contributed by atoms with Gasteiger partial charge in [0.1, 0.15) is 17.0 Å². The van der Waals surface area contributed by atoms with E-state index in [4.69, 9.17) is 5.10 Å². The van der Waals surface area contributed by atoms with Gasteiger partial charge in [0, 0.05) is 19.8 Å². The van der Waals surface area contributed by atoms with E-state index in [1.165, 1.54) is 7.05 Å². The lowest BCUT2D eigenvalue weighted by atomic mass is 10.0. The average molecular weight is 481 g/mol. The predicted molar refractivity (Wildman–Crippen MR) is 143 cm³/mol. The second-order valence-electron chi connectivity index (χ2n) is 9.26. The molecule has 3 aromatic heterocycles. The minimum Gasteiger partial charge on any atom is -0.324 e. The number of fused-ring (bicyclic) bond motifs is 1. The quantitative estimate of drug-likeness (QED) is 0.373. The largest absolute Gasteiger partial charge is 0.332 e. The Morgan fingerprint density at radius 2 is 1.58 bits per heavy atom. The summed E-state index contributed by atoms with van der Waals surface area (Å²) >= 11 is 0. The molecule has 0 saturated heterocycles. The Hall–Kier alpha value is -4.46. The normalized spacial score (nSPS) is 11.3. The van der Waals surface area contributed by atoms with E-state index < -0.39 is 0 Å². The molecule has 0 radical (unpaired) electrons. The summed E-state index contributed by atoms with van der Waals surface area (Å²) in [6.45, 7) is 4.93. The summed E-state index contributed by atoms with van der Waals surface area (Å²) in [4.78, 5) is 30.7. The lowest BCUT2D eigenvalue weighted by molar-refractivity contribution is 0.498. The van der Waals surface area contributed by atoms with Gasteiger partial charge in [0.15, 0.2) is 5.65 Å². The van der Waals surface area contributed by atoms with Crippen LogP contribution in [-0.4, -0.2) is 23.9 Å². The number of rotatable bonds is 7. The van der Waals surface area contributed by atoms with Crippen molar-refractivity contribution in [3.8, 4) is 11.1 Å². The maximum absolute atomic E-state index is 13.3. The van der Waals surface area contributed by atoms with Crippen molar-refractivity contribution in [2.24, 2.45) is 13.0 Å². The number of aromatic nitrogens is 5. The molecular formula is C28H28N6O2. The molecule has 0 atom stereocenters. The van der Waals surface area contributed by atoms with Gasteiger partial charge in [0.05, 0.1) is 6.54 Å². The van der Waals surface area contributed by atoms with Gasteiger partial charge in [-0.05, 0) is 34.7 Å². The Balaban J connectivity index is 1.64. The molecule has 8 heteroatoms. The second kappa shape index (κ2) is 9.65. The predicted octanol–water partition coefficient (Wildman–Crippen LogP) is 4.41. The van der Waals surface area contributed by atoms with E-state index in [9.17, 15) is 9.59 Å². The molecule has 5 aromatic rings. The molecule has 0 aliphatic rings. The lowest BCUT2D eigenvalue weighted by Gasteiger charge is -2.11. The van der Waals surface area contributed by atoms with Gasteiger partial charge in [0.2, 0.25) is 0 Å². The summed E-state index contributed by atoms with van der Waals surface area (Å²) in [5.41, 5.74) is 2.89. The van der Waals surface area contributed by atoms with Gasteiger partial charge in [-0.3, -0.25) is 13.9 Å². The fourth-order valence-corrected chi connectivity index (χ4v) is 4.30. The van der Waals surface area contributed by atoms with Crippen molar-refractivity contribution >= 4 is 22.7 Å². The van der Waals surface area contributed by atoms with Crippen LogP contribution in [0.2, 0.25) is 0 Å². The summed E-state index contributed by atoms with van der Waals surface area (Å²) < 4.78 is 4.48. The summed E-state index contributed by atoms with van der Waals surface area (Å²) in [5.74, 6) is 1.30. The fourth-order valence-electron chi connectivity index (χ4n) is 4.30. The molecule has 3 heterocycles. The van der Waals surface area contributed by atoms with Crippen molar-refractivity contribution in [3.63, 3.8) is 0 Å². The van der Waals surface area contributed by atoms with Gasteiger partial charge in [-0.1, -0.05) is 74.5 Å². The van der Waals surface area contributed by atoms with Crippen molar-refractivity contribution in [1.82, 2.24) is 23.9 Å². The molecule has 182 valence electrons. The number of benzene rings is 2. The van der Waals surface area contributed by atoms with Gasteiger partial charge in [-0.25, -0.2) is 14.5 Å². The van der Waals surface area contributed by atoms with Crippen LogP contribution in [0.1, 0.15) is 19.4 Å². The van der Waals surface area contributed by atoms with Gasteiger partial charge in [-0.2, -0.15) is 5.10 Å². The highest BCUT2D eigenvalue weighted by molar-refractivity contribution is 5.89. The zero-order chi connectivity index (χ0) is 25.2. The molecule has 0 aliphatic carbocycles. The zero-order valence-corrected chi connectivity index (χ0v) is 20.5. The average Bonchev–Trinajstić information content (AvgIpc) is 3.24. The van der Waals surface area contributed by atoms with Crippen LogP contribution < -0.4 is 16.6 Å². The monoisotopic (exact) mass is 480 g/mol. The summed E-state index contributed by atoms with van der Waals surface area (Å²) in [7, 11) is 1.51. The first-order chi connectivity index (χ1) is 17.4. The van der Waals surface area contributed by atoms with Crippen LogP contribution in [0.5, 0.6) is 0 Å². The molecule has 2 aromatic carbocycles. The SMILES string of the molecule is CC(C)Cn1c(=O)n(C)c(=O)c2c(Nc3ccccn3)n(Cc3ccc(-c4ccccc4)cc3)nc21. The van der Waals surface area contributed by atoms with Crippen LogP contribution in [0.15, 0.2) is 88.6 Å². The maximum Gasteiger partial charge on any atom is 0.332 e. The van der Waals surface area contributed by atoms with E-state index >= 15 is 0 Å². The third-order valence-corrected chi connectivity index (χ3v) is 6.08. The summed E-state index contributed by atoms with van der Waals surface area (Å²) in [5, 5.41) is 8.42. The molecule has 0 aliphatic heterocycles. The maximum atomic E-state index is 13.3. The van der Waals surface area contributed by atoms with Crippen molar-refractivity contribution in [2.75, 3.05) is 5.32 Å². The molecule has 8 nitrogen and oxygen atoms in total. The Morgan fingerprint density at radius 1 is 0.889 bits per heavy atom. The minimum atomic E-state index is -0.390. The summed E-state index contributed by atoms with van der Waals surface area (Å²) in [6, 6.07) is 24.0. The van der Waals surface area contributed by atoms with Crippen LogP contribution in [0.25, 0.3) is 22.2 Å². The van der Waals surface area contributed by atoms with Crippen LogP contribution in [0, 0.1) is 5.92 Å². The molecule has 36 heavy (non-hydrogen) atoms. The topological polar surface area (TPSA) is 86.7 Å². The minimum absolute atomic E-state index is 0.200. The number of hydrogen-bond acceptors (Lipinski definition) is 5. The van der Waals surface area contributed by atoms with Crippen LogP contribution >= 0.6 is 0 Å². The zero-order valence-electron chi connectivity index (χ0n) is 20.5. The molecule has 0 spiro atoms. The van der Waals surface area contributed by atoms with Gasteiger partial charge < -0.3 is 5.32 Å². The highest BCUT2D eigenvalue weighted by atomic mass is 16.2. The molecular weight excluding hydrogens is 452 g/mol. The Bertz CT molecular complexity index is 1620. The number of pyridine rings is 1. The molecule has 0 fully saturated rings. The third-order valence-electron chi connectivity index (χ3n) is 6.08. The molecule has 1 N–H and O–H groups in total. The number of nitrogens with one attached hydrogen (secondary N) is 1. The Morgan fingerprint density at radius 3 is 2.25 bits per heavy atom. The van der Waals surface area contributed by atoms with Crippen molar-refractivity contribution in [1.29, 1.82) is 0 Å². The van der Waals surface area contributed by atoms with Crippen LogP contribution in [0.3, 0.4) is 0 Å². The lowest BCUT2D eigenvalue weighted by Crippen LogP contribution is -2.38. The second-order valence-corrected chi connectivity index (χ2v) is 9.26. The van der Waals surface area contributed by atoms with Crippen molar-refractivity contribution < 1.29 is 0 Å². The van der Waals surface area contributed by atoms with Crippen molar-refractivity contribution in [2.45, 2.75) is 26.9 Å². The van der Waals surface area contributed by atoms with E-state index in [0.29, 0.717) is 35.8 Å². The number of anilines is 2. The van der Waals surface area contributed by atoms with E-state index in [0.717, 1.165) is 21.3 Å². The molecule has 0 unspecified atom stereocenters. The first kappa shape index (κ1) is 23.3. The molecule has 0 bridgehead atoms. The van der Waals surface area contributed by atoms with E-state index in [-0.39, 0.29) is 17.2 Å². The molecule has 0 saturated carbocycles. The van der Waals surface area contributed by atoms with Crippen LogP contribution in [0.4, 0.5) is 11.6 Å². The van der Waals surface area contributed by atoms with Gasteiger partial charge in [0.25, 0.3) is 5.56 Å². The van der Waals surface area contributed by atoms with E-state index in [1.54, 1.807) is 15.4 Å². The standard InChI is InChI=1S/C28H28N6O2/c1-19(2)17-33-26-24(27(35)32(3)28(33)36)25(30-23-11-7-8-16-29-23)34(31-26)18-20-12-14-22(15-13-20)21-9-5-4-6-10-21/h4-16,19H,17-18H2,1-3H3,(H,29,30). The molecule has 0 amide bonds. The van der Waals surface area contributed by atoms with Gasteiger partial charge in [-0.15, -0.1) is 0 Å². The Kier molecular flexibility index (Phi) is 6.25. The highest BCUT2D eigenvalue weighted by Crippen LogP contribution is 2.25. The smallest absolute Gasteiger partial charge is 0.324 e. The first-order valence-corrected chi connectivity index (χ1v) is 11.9. The van der Waals surface area contributed by atoms with E-state index in [1.807, 2.05) is 50.2 Å². The third kappa shape index (κ3) is 4.45. The summed E-state index contributed by atoms with van der Waals surface area (Å²) in [6.07, 6.45) is 1.68. The Labute approximate surface area is 208 Å². The molecule has 5 rings (SSSR count).